The molecule has 0 saturated carbocycles. The van der Waals surface area contributed by atoms with Crippen molar-refractivity contribution in [2.75, 3.05) is 19.8 Å². The Balaban J connectivity index is 3.97. The van der Waals surface area contributed by atoms with E-state index >= 15 is 0 Å². The Morgan fingerprint density at radius 3 is 2.50 bits per heavy atom. The van der Waals surface area contributed by atoms with Crippen LogP contribution in [0.3, 0.4) is 0 Å². The van der Waals surface area contributed by atoms with Crippen LogP contribution in [0.15, 0.2) is 0 Å². The van der Waals surface area contributed by atoms with Gasteiger partial charge in [-0.1, -0.05) is 13.3 Å². The molecule has 1 amide bonds. The van der Waals surface area contributed by atoms with Crippen LogP contribution in [0.1, 0.15) is 53.4 Å². The molecule has 0 radical (unpaired) electrons. The van der Waals surface area contributed by atoms with Crippen molar-refractivity contribution in [3.63, 3.8) is 0 Å². The topological polar surface area (TPSA) is 108 Å². The lowest BCUT2D eigenvalue weighted by atomic mass is 10.0. The Hall–Kier alpha value is -0.460. The number of nitrogens with one attached hydrogen (secondary N) is 1. The maximum Gasteiger partial charge on any atom is 0.268 e. The third-order valence-corrected chi connectivity index (χ3v) is 4.03. The van der Waals surface area contributed by atoms with Gasteiger partial charge in [-0.15, -0.1) is 0 Å². The van der Waals surface area contributed by atoms with Crippen LogP contribution >= 0.6 is 7.82 Å². The lowest BCUT2D eigenvalue weighted by Crippen LogP contribution is -2.25. The number of aliphatic hydroxyl groups is 1. The minimum absolute atomic E-state index is 0.00802. The van der Waals surface area contributed by atoms with Gasteiger partial charge in [-0.3, -0.25) is 9.36 Å². The van der Waals surface area contributed by atoms with Gasteiger partial charge >= 0.3 is 0 Å². The van der Waals surface area contributed by atoms with Crippen LogP contribution in [0.2, 0.25) is 0 Å². The SMILES string of the molecule is CCC(=O)NCCCCC(CO)COP(=O)([O-])OC(C)(C)C. The summed E-state index contributed by atoms with van der Waals surface area (Å²) >= 11 is 0. The zero-order valence-electron chi connectivity index (χ0n) is 14.0. The Morgan fingerprint density at radius 2 is 2.00 bits per heavy atom. The van der Waals surface area contributed by atoms with E-state index in [1.165, 1.54) is 0 Å². The molecule has 0 fully saturated rings. The van der Waals surface area contributed by atoms with Gasteiger partial charge in [-0.25, -0.2) is 0 Å². The van der Waals surface area contributed by atoms with E-state index in [0.717, 1.165) is 12.8 Å². The predicted octanol–water partition coefficient (Wildman–Crippen LogP) is 1.59. The summed E-state index contributed by atoms with van der Waals surface area (Å²) in [5.41, 5.74) is -0.844. The lowest BCUT2D eigenvalue weighted by molar-refractivity contribution is -0.234. The maximum absolute atomic E-state index is 11.6. The highest BCUT2D eigenvalue weighted by atomic mass is 31.2. The minimum Gasteiger partial charge on any atom is -0.756 e. The van der Waals surface area contributed by atoms with Crippen molar-refractivity contribution in [2.24, 2.45) is 5.92 Å². The van der Waals surface area contributed by atoms with Crippen molar-refractivity contribution in [1.29, 1.82) is 0 Å². The van der Waals surface area contributed by atoms with Crippen LogP contribution in [0.5, 0.6) is 0 Å². The quantitative estimate of drug-likeness (QED) is 0.437. The summed E-state index contributed by atoms with van der Waals surface area (Å²) in [6.07, 6.45) is 2.62. The number of hydrogen-bond donors (Lipinski definition) is 2. The molecule has 2 unspecified atom stereocenters. The van der Waals surface area contributed by atoms with Gasteiger partial charge in [0, 0.05) is 25.5 Å². The number of phosphoric ester groups is 1. The molecule has 0 heterocycles. The van der Waals surface area contributed by atoms with Gasteiger partial charge in [0.25, 0.3) is 7.82 Å². The van der Waals surface area contributed by atoms with Crippen LogP contribution in [0.25, 0.3) is 0 Å². The predicted molar refractivity (Wildman–Crippen MR) is 82.1 cm³/mol. The molecule has 2 N–H and O–H groups in total. The number of unbranched alkanes of at least 4 members (excludes halogenated alkanes) is 1. The number of amides is 1. The van der Waals surface area contributed by atoms with Gasteiger partial charge in [-0.05, 0) is 33.6 Å². The number of carbonyl (C=O) groups is 1. The first-order valence-electron chi connectivity index (χ1n) is 7.63. The number of hydrogen-bond acceptors (Lipinski definition) is 6. The molecule has 8 heteroatoms. The summed E-state index contributed by atoms with van der Waals surface area (Å²) < 4.78 is 21.3. The first kappa shape index (κ1) is 21.5. The largest absolute Gasteiger partial charge is 0.756 e. The van der Waals surface area contributed by atoms with E-state index in [9.17, 15) is 19.4 Å². The zero-order valence-corrected chi connectivity index (χ0v) is 14.9. The van der Waals surface area contributed by atoms with E-state index in [1.54, 1.807) is 27.7 Å². The van der Waals surface area contributed by atoms with E-state index in [-0.39, 0.29) is 25.0 Å². The standard InChI is InChI=1S/C14H30NO6P/c1-5-13(17)15-9-7-6-8-12(10-16)11-20-22(18,19)21-14(2,3)4/h12,16H,5-11H2,1-4H3,(H,15,17)(H,18,19)/p-1. The fourth-order valence-corrected chi connectivity index (χ4v) is 2.81. The Bertz CT molecular complexity index is 369. The van der Waals surface area contributed by atoms with Gasteiger partial charge in [0.2, 0.25) is 5.91 Å². The zero-order chi connectivity index (χ0) is 17.2. The summed E-state index contributed by atoms with van der Waals surface area (Å²) in [7, 11) is -4.36. The van der Waals surface area contributed by atoms with E-state index in [1.807, 2.05) is 0 Å². The molecule has 0 aromatic carbocycles. The van der Waals surface area contributed by atoms with Gasteiger partial charge in [-0.2, -0.15) is 0 Å². The van der Waals surface area contributed by atoms with Crippen molar-refractivity contribution >= 4 is 13.7 Å². The van der Waals surface area contributed by atoms with Crippen LogP contribution in [-0.2, 0) is 18.4 Å². The molecule has 0 rings (SSSR count). The third kappa shape index (κ3) is 12.1. The average molecular weight is 338 g/mol. The molecule has 0 saturated heterocycles. The molecule has 7 nitrogen and oxygen atoms in total. The minimum atomic E-state index is -4.36. The molecular weight excluding hydrogens is 309 g/mol. The molecule has 0 aromatic heterocycles. The average Bonchev–Trinajstić information content (AvgIpc) is 2.38. The van der Waals surface area contributed by atoms with E-state index in [4.69, 9.17) is 9.05 Å². The van der Waals surface area contributed by atoms with E-state index < -0.39 is 13.4 Å². The summed E-state index contributed by atoms with van der Waals surface area (Å²) in [5.74, 6) is -0.263. The molecule has 0 aliphatic rings. The second-order valence-electron chi connectivity index (χ2n) is 6.19. The first-order chi connectivity index (χ1) is 10.1. The molecule has 22 heavy (non-hydrogen) atoms. The van der Waals surface area contributed by atoms with Gasteiger partial charge in [0.1, 0.15) is 0 Å². The molecule has 2 atom stereocenters. The molecule has 0 bridgehead atoms. The van der Waals surface area contributed by atoms with E-state index in [0.29, 0.717) is 19.4 Å². The fraction of sp³-hybridized carbons (Fsp3) is 0.929. The summed E-state index contributed by atoms with van der Waals surface area (Å²) in [4.78, 5) is 22.6. The summed E-state index contributed by atoms with van der Waals surface area (Å²) in [6, 6.07) is 0. The van der Waals surface area contributed by atoms with Gasteiger partial charge in [0.15, 0.2) is 0 Å². The Labute approximate surface area is 133 Å². The van der Waals surface area contributed by atoms with Crippen LogP contribution < -0.4 is 10.2 Å². The first-order valence-corrected chi connectivity index (χ1v) is 9.09. The highest BCUT2D eigenvalue weighted by Gasteiger charge is 2.21. The van der Waals surface area contributed by atoms with Crippen molar-refractivity contribution in [3.8, 4) is 0 Å². The normalized spacial score (nSPS) is 16.1. The van der Waals surface area contributed by atoms with Crippen LogP contribution in [-0.4, -0.2) is 36.4 Å². The van der Waals surface area contributed by atoms with Crippen LogP contribution in [0.4, 0.5) is 0 Å². The van der Waals surface area contributed by atoms with Crippen molar-refractivity contribution in [1.82, 2.24) is 5.32 Å². The maximum atomic E-state index is 11.6. The molecule has 132 valence electrons. The molecule has 0 aliphatic carbocycles. The summed E-state index contributed by atoms with van der Waals surface area (Å²) in [6.45, 7) is 6.97. The molecular formula is C14H29NO6P-. The van der Waals surface area contributed by atoms with Crippen LogP contribution in [0, 0.1) is 5.92 Å². The Morgan fingerprint density at radius 1 is 1.36 bits per heavy atom. The van der Waals surface area contributed by atoms with E-state index in [2.05, 4.69) is 5.32 Å². The van der Waals surface area contributed by atoms with Gasteiger partial charge in [0.05, 0.1) is 12.2 Å². The van der Waals surface area contributed by atoms with Crippen molar-refractivity contribution < 1.29 is 28.4 Å². The number of aliphatic hydroxyl groups excluding tert-OH is 1. The second kappa shape index (κ2) is 10.3. The highest BCUT2D eigenvalue weighted by molar-refractivity contribution is 7.45. The smallest absolute Gasteiger partial charge is 0.268 e. The third-order valence-electron chi connectivity index (χ3n) is 2.79. The monoisotopic (exact) mass is 338 g/mol. The van der Waals surface area contributed by atoms with Crippen molar-refractivity contribution in [3.05, 3.63) is 0 Å². The van der Waals surface area contributed by atoms with Crippen molar-refractivity contribution in [2.45, 2.75) is 59.0 Å². The highest BCUT2D eigenvalue weighted by Crippen LogP contribution is 2.43. The Kier molecular flexibility index (Phi) is 10.1. The molecule has 0 aliphatic heterocycles. The second-order valence-corrected chi connectivity index (χ2v) is 7.53. The molecule has 0 spiro atoms. The number of rotatable bonds is 11. The number of phosphoric acid groups is 1. The fourth-order valence-electron chi connectivity index (χ4n) is 1.70. The molecule has 0 aromatic rings. The number of carbonyl (C=O) groups excluding carboxylic acids is 1. The lowest BCUT2D eigenvalue weighted by Gasteiger charge is -2.31. The summed E-state index contributed by atoms with van der Waals surface area (Å²) in [5, 5.41) is 12.0. The van der Waals surface area contributed by atoms with Gasteiger partial charge < -0.3 is 24.4 Å².